The average Bonchev–Trinajstić information content (AvgIpc) is 3.16. The summed E-state index contributed by atoms with van der Waals surface area (Å²) in [5, 5.41) is 0. The Morgan fingerprint density at radius 3 is 1.42 bits per heavy atom. The molecule has 2 atom stereocenters. The summed E-state index contributed by atoms with van der Waals surface area (Å²) in [4.78, 5) is 25.0. The number of rotatable bonds is 38. The quantitative estimate of drug-likeness (QED) is 0.0201. The minimum atomic E-state index is -4.55. The lowest BCUT2D eigenvalue weighted by atomic mass is 10.1. The van der Waals surface area contributed by atoms with Gasteiger partial charge in [-0.2, -0.15) is 0 Å². The van der Waals surface area contributed by atoms with Gasteiger partial charge in [0.2, 0.25) is 0 Å². The summed E-state index contributed by atoms with van der Waals surface area (Å²) < 4.78 is 34.5. The Hall–Kier alpha value is -2.84. The third-order valence-corrected chi connectivity index (χ3v) is 9.28. The van der Waals surface area contributed by atoms with Crippen LogP contribution < -0.4 is 4.89 Å². The van der Waals surface area contributed by atoms with Crippen LogP contribution in [0.3, 0.4) is 0 Å². The van der Waals surface area contributed by atoms with E-state index in [-0.39, 0.29) is 32.2 Å². The predicted octanol–water partition coefficient (Wildman–Crippen LogP) is 12.2. The summed E-state index contributed by atoms with van der Waals surface area (Å²) in [7, 11) is 1.29. The minimum Gasteiger partial charge on any atom is -0.756 e. The van der Waals surface area contributed by atoms with Crippen molar-refractivity contribution < 1.29 is 37.3 Å². The highest BCUT2D eigenvalue weighted by atomic mass is 31.2. The molecule has 8 nitrogen and oxygen atoms in total. The topological polar surface area (TPSA) is 94.1 Å². The number of carbonyl (C=O) groups is 1. The Morgan fingerprint density at radius 1 is 0.544 bits per heavy atom. The molecule has 9 heteroatoms. The van der Waals surface area contributed by atoms with Crippen LogP contribution in [0.5, 0.6) is 0 Å². The first kappa shape index (κ1) is 54.2. The summed E-state index contributed by atoms with van der Waals surface area (Å²) in [6, 6.07) is 0. The first-order chi connectivity index (χ1) is 27.6. The second-order valence-corrected chi connectivity index (χ2v) is 16.3. The Labute approximate surface area is 349 Å². The molecule has 0 aromatic heterocycles. The molecule has 0 spiro atoms. The molecule has 0 saturated carbocycles. The molecule has 0 heterocycles. The number of carbonyl (C=O) groups excluding carboxylic acids is 1. The zero-order valence-corrected chi connectivity index (χ0v) is 37.4. The number of phosphoric ester groups is 1. The van der Waals surface area contributed by atoms with Gasteiger partial charge in [-0.15, -0.1) is 0 Å². The summed E-state index contributed by atoms with van der Waals surface area (Å²) >= 11 is 0. The molecule has 0 aliphatic rings. The number of hydrogen-bond acceptors (Lipinski definition) is 7. The molecule has 0 fully saturated rings. The third kappa shape index (κ3) is 44.1. The third-order valence-electron chi connectivity index (χ3n) is 8.32. The molecular weight excluding hydrogens is 734 g/mol. The first-order valence-electron chi connectivity index (χ1n) is 21.6. The fourth-order valence-electron chi connectivity index (χ4n) is 5.03. The maximum atomic E-state index is 12.7. The van der Waals surface area contributed by atoms with Gasteiger partial charge < -0.3 is 27.9 Å². The molecule has 0 saturated heterocycles. The van der Waals surface area contributed by atoms with Crippen molar-refractivity contribution in [1.29, 1.82) is 0 Å². The summed E-state index contributed by atoms with van der Waals surface area (Å²) in [6.45, 7) is 5.01. The maximum absolute atomic E-state index is 12.7. The van der Waals surface area contributed by atoms with Gasteiger partial charge in [-0.25, -0.2) is 0 Å². The van der Waals surface area contributed by atoms with Crippen molar-refractivity contribution in [2.24, 2.45) is 0 Å². The van der Waals surface area contributed by atoms with Gasteiger partial charge in [-0.3, -0.25) is 9.36 Å². The van der Waals surface area contributed by atoms with Gasteiger partial charge in [0, 0.05) is 13.0 Å². The lowest BCUT2D eigenvalue weighted by Crippen LogP contribution is -2.37. The van der Waals surface area contributed by atoms with Crippen LogP contribution in [0.25, 0.3) is 0 Å². The fourth-order valence-corrected chi connectivity index (χ4v) is 5.76. The van der Waals surface area contributed by atoms with E-state index in [2.05, 4.69) is 123 Å². The second kappa shape index (κ2) is 40.0. The highest BCUT2D eigenvalue weighted by molar-refractivity contribution is 7.45. The molecule has 0 aliphatic carbocycles. The number of phosphoric acid groups is 1. The lowest BCUT2D eigenvalue weighted by molar-refractivity contribution is -0.870. The molecule has 0 aliphatic heterocycles. The molecule has 324 valence electrons. The number of likely N-dealkylation sites (N-methyl/N-ethyl adjacent to an activating group) is 1. The number of ether oxygens (including phenoxy) is 2. The minimum absolute atomic E-state index is 0.00554. The van der Waals surface area contributed by atoms with Crippen molar-refractivity contribution >= 4 is 13.8 Å². The molecule has 0 bridgehead atoms. The SMILES string of the molecule is CC/C=C\C/C=C\C/C=C\C/C=C\C/C=C\CCCCCCOCC(COP(=O)([O-])OCC[N+](C)(C)C)OC(=O)CCCC/C=C\C/C=C\C/C=C\C/C=C\CC. The number of nitrogens with zero attached hydrogens (tertiary/aromatic N) is 1. The lowest BCUT2D eigenvalue weighted by Gasteiger charge is -2.28. The van der Waals surface area contributed by atoms with Crippen molar-refractivity contribution in [3.8, 4) is 0 Å². The second-order valence-electron chi connectivity index (χ2n) is 14.9. The Kier molecular flexibility index (Phi) is 38.0. The molecule has 0 amide bonds. The van der Waals surface area contributed by atoms with Crippen molar-refractivity contribution in [1.82, 2.24) is 0 Å². The average molecular weight is 814 g/mol. The smallest absolute Gasteiger partial charge is 0.306 e. The Balaban J connectivity index is 4.39. The van der Waals surface area contributed by atoms with Crippen molar-refractivity contribution in [3.05, 3.63) is 109 Å². The largest absolute Gasteiger partial charge is 0.756 e. The monoisotopic (exact) mass is 814 g/mol. The maximum Gasteiger partial charge on any atom is 0.306 e. The van der Waals surface area contributed by atoms with E-state index in [0.717, 1.165) is 103 Å². The summed E-state index contributed by atoms with van der Waals surface area (Å²) in [5.74, 6) is -0.390. The van der Waals surface area contributed by atoms with E-state index in [9.17, 15) is 14.3 Å². The van der Waals surface area contributed by atoms with Gasteiger partial charge in [0.15, 0.2) is 0 Å². The molecule has 0 radical (unpaired) electrons. The van der Waals surface area contributed by atoms with Crippen molar-refractivity contribution in [2.75, 3.05) is 54.1 Å². The highest BCUT2D eigenvalue weighted by Crippen LogP contribution is 2.38. The van der Waals surface area contributed by atoms with Crippen LogP contribution in [0.4, 0.5) is 0 Å². The number of allylic oxidation sites excluding steroid dienone is 18. The first-order valence-corrected chi connectivity index (χ1v) is 23.1. The van der Waals surface area contributed by atoms with E-state index in [1.54, 1.807) is 0 Å². The van der Waals surface area contributed by atoms with Crippen LogP contribution in [0.1, 0.15) is 129 Å². The fraction of sp³-hybridized carbons (Fsp3) is 0.604. The van der Waals surface area contributed by atoms with Crippen LogP contribution in [0, 0.1) is 0 Å². The van der Waals surface area contributed by atoms with Crippen LogP contribution in [-0.4, -0.2) is 70.7 Å². The Bertz CT molecular complexity index is 1270. The molecular formula is C48H80NO7P. The van der Waals surface area contributed by atoms with Crippen LogP contribution in [-0.2, 0) is 27.9 Å². The van der Waals surface area contributed by atoms with Crippen LogP contribution in [0.2, 0.25) is 0 Å². The van der Waals surface area contributed by atoms with Gasteiger partial charge in [-0.1, -0.05) is 136 Å². The van der Waals surface area contributed by atoms with Crippen molar-refractivity contribution in [3.63, 3.8) is 0 Å². The predicted molar refractivity (Wildman–Crippen MR) is 240 cm³/mol. The molecule has 0 N–H and O–H groups in total. The van der Waals surface area contributed by atoms with E-state index in [1.807, 2.05) is 21.1 Å². The molecule has 57 heavy (non-hydrogen) atoms. The van der Waals surface area contributed by atoms with E-state index >= 15 is 0 Å². The number of esters is 1. The van der Waals surface area contributed by atoms with Gasteiger partial charge in [0.25, 0.3) is 7.82 Å². The zero-order chi connectivity index (χ0) is 42.0. The molecule has 0 rings (SSSR count). The zero-order valence-electron chi connectivity index (χ0n) is 36.5. The van der Waals surface area contributed by atoms with Crippen LogP contribution in [0.15, 0.2) is 109 Å². The van der Waals surface area contributed by atoms with Gasteiger partial charge >= 0.3 is 5.97 Å². The number of quaternary nitrogens is 1. The van der Waals surface area contributed by atoms with E-state index in [0.29, 0.717) is 24.1 Å². The number of unbranched alkanes of at least 4 members (excludes halogenated alkanes) is 6. The van der Waals surface area contributed by atoms with Gasteiger partial charge in [-0.05, 0) is 96.3 Å². The number of hydrogen-bond donors (Lipinski definition) is 0. The van der Waals surface area contributed by atoms with Crippen molar-refractivity contribution in [2.45, 2.75) is 136 Å². The molecule has 0 aromatic rings. The molecule has 2 unspecified atom stereocenters. The summed E-state index contributed by atoms with van der Waals surface area (Å²) in [6.07, 6.45) is 55.4. The standard InChI is InChI=1S/C48H80NO7P/c1-6-8-10-12-14-16-18-20-22-23-24-25-26-28-30-32-34-36-38-40-43-53-45-47(46-55-57(51,52)54-44-42-49(3,4)5)56-48(50)41-39-37-35-33-31-29-27-21-19-17-15-13-11-9-7-2/h8-11,14-17,20-22,24-25,27-28,30-31,33,47H,6-7,12-13,18-19,23,26,29,32,34-46H2,1-5H3/b10-8-,11-9-,16-14-,17-15-,22-20-,25-24-,27-21-,30-28-,33-31-. The Morgan fingerprint density at radius 2 is 0.965 bits per heavy atom. The highest BCUT2D eigenvalue weighted by Gasteiger charge is 2.20. The summed E-state index contributed by atoms with van der Waals surface area (Å²) in [5.41, 5.74) is 0. The normalized spacial score (nSPS) is 14.8. The molecule has 0 aromatic carbocycles. The van der Waals surface area contributed by atoms with Gasteiger partial charge in [0.1, 0.15) is 19.3 Å². The van der Waals surface area contributed by atoms with E-state index < -0.39 is 13.9 Å². The van der Waals surface area contributed by atoms with E-state index in [4.69, 9.17) is 18.5 Å². The van der Waals surface area contributed by atoms with E-state index in [1.165, 1.54) is 0 Å². The van der Waals surface area contributed by atoms with Gasteiger partial charge in [0.05, 0.1) is 34.4 Å². The van der Waals surface area contributed by atoms with Crippen LogP contribution >= 0.6 is 7.82 Å².